The lowest BCUT2D eigenvalue weighted by Crippen LogP contribution is -2.25. The Labute approximate surface area is 111 Å². The number of carbonyl (C=O) groups excluding carboxylic acids is 1. The highest BCUT2D eigenvalue weighted by Gasteiger charge is 2.22. The van der Waals surface area contributed by atoms with Crippen LogP contribution in [0, 0.1) is 5.82 Å². The van der Waals surface area contributed by atoms with Crippen molar-refractivity contribution in [3.63, 3.8) is 0 Å². The normalized spacial score (nSPS) is 19.6. The Hall–Kier alpha value is -1.46. The lowest BCUT2D eigenvalue weighted by Gasteiger charge is -2.14. The predicted molar refractivity (Wildman–Crippen MR) is 69.0 cm³/mol. The van der Waals surface area contributed by atoms with E-state index in [1.807, 2.05) is 4.90 Å². The standard InChI is InChI=1S/C14H18FNO3/c1-19-13-4-2-3-11(15)14(13)12(18)6-8-16-7-5-10(17)9-16/h2-4,10,17H,5-9H2,1H3. The Balaban J connectivity index is 2.00. The van der Waals surface area contributed by atoms with Gasteiger partial charge in [-0.3, -0.25) is 4.79 Å². The highest BCUT2D eigenvalue weighted by atomic mass is 19.1. The molecule has 0 radical (unpaired) electrons. The van der Waals surface area contributed by atoms with Crippen LogP contribution in [0.3, 0.4) is 0 Å². The summed E-state index contributed by atoms with van der Waals surface area (Å²) in [5, 5.41) is 9.40. The molecule has 1 saturated heterocycles. The molecule has 1 aromatic carbocycles. The molecule has 1 unspecified atom stereocenters. The molecule has 0 bridgehead atoms. The van der Waals surface area contributed by atoms with Gasteiger partial charge < -0.3 is 14.7 Å². The van der Waals surface area contributed by atoms with Crippen molar-refractivity contribution < 1.29 is 19.0 Å². The molecule has 1 aliphatic heterocycles. The van der Waals surface area contributed by atoms with E-state index in [2.05, 4.69) is 0 Å². The van der Waals surface area contributed by atoms with Crippen molar-refractivity contribution in [2.75, 3.05) is 26.7 Å². The fraction of sp³-hybridized carbons (Fsp3) is 0.500. The van der Waals surface area contributed by atoms with Gasteiger partial charge >= 0.3 is 0 Å². The van der Waals surface area contributed by atoms with Crippen LogP contribution in [0.25, 0.3) is 0 Å². The summed E-state index contributed by atoms with van der Waals surface area (Å²) in [6.07, 6.45) is 0.652. The Bertz CT molecular complexity index is 464. The maximum atomic E-state index is 13.7. The summed E-state index contributed by atoms with van der Waals surface area (Å²) in [6, 6.07) is 4.35. The van der Waals surface area contributed by atoms with Gasteiger partial charge in [-0.2, -0.15) is 0 Å². The molecule has 1 fully saturated rings. The molecular formula is C14H18FNO3. The van der Waals surface area contributed by atoms with Crippen LogP contribution in [0.15, 0.2) is 18.2 Å². The minimum absolute atomic E-state index is 0.0183. The third-order valence-electron chi connectivity index (χ3n) is 3.38. The van der Waals surface area contributed by atoms with Gasteiger partial charge in [0.1, 0.15) is 11.6 Å². The SMILES string of the molecule is COc1cccc(F)c1C(=O)CCN1CCC(O)C1. The van der Waals surface area contributed by atoms with Crippen LogP contribution in [0.5, 0.6) is 5.75 Å². The number of nitrogens with zero attached hydrogens (tertiary/aromatic N) is 1. The van der Waals surface area contributed by atoms with Gasteiger partial charge in [-0.1, -0.05) is 6.07 Å². The van der Waals surface area contributed by atoms with Crippen molar-refractivity contribution >= 4 is 5.78 Å². The van der Waals surface area contributed by atoms with E-state index >= 15 is 0 Å². The fourth-order valence-electron chi connectivity index (χ4n) is 2.35. The van der Waals surface area contributed by atoms with Crippen LogP contribution < -0.4 is 4.74 Å². The fourth-order valence-corrected chi connectivity index (χ4v) is 2.35. The summed E-state index contributed by atoms with van der Waals surface area (Å²) >= 11 is 0. The van der Waals surface area contributed by atoms with E-state index in [4.69, 9.17) is 4.74 Å². The molecule has 1 N–H and O–H groups in total. The topological polar surface area (TPSA) is 49.8 Å². The van der Waals surface area contributed by atoms with E-state index in [9.17, 15) is 14.3 Å². The Kier molecular flexibility index (Phi) is 4.50. The van der Waals surface area contributed by atoms with Gasteiger partial charge in [0.05, 0.1) is 18.8 Å². The average molecular weight is 267 g/mol. The van der Waals surface area contributed by atoms with Crippen LogP contribution in [0.4, 0.5) is 4.39 Å². The number of benzene rings is 1. The third-order valence-corrected chi connectivity index (χ3v) is 3.38. The summed E-state index contributed by atoms with van der Waals surface area (Å²) in [6.45, 7) is 1.90. The number of aliphatic hydroxyl groups is 1. The van der Waals surface area contributed by atoms with Gasteiger partial charge in [-0.05, 0) is 18.6 Å². The van der Waals surface area contributed by atoms with Crippen LogP contribution in [0.2, 0.25) is 0 Å². The second kappa shape index (κ2) is 6.12. The predicted octanol–water partition coefficient (Wildman–Crippen LogP) is 1.47. The molecule has 0 aliphatic carbocycles. The van der Waals surface area contributed by atoms with E-state index in [1.165, 1.54) is 19.2 Å². The zero-order valence-electron chi connectivity index (χ0n) is 10.9. The Morgan fingerprint density at radius 1 is 1.58 bits per heavy atom. The molecule has 0 saturated carbocycles. The molecule has 1 aromatic rings. The monoisotopic (exact) mass is 267 g/mol. The van der Waals surface area contributed by atoms with Crippen LogP contribution in [0.1, 0.15) is 23.2 Å². The minimum atomic E-state index is -0.550. The van der Waals surface area contributed by atoms with Crippen molar-refractivity contribution in [3.8, 4) is 5.75 Å². The molecule has 1 aliphatic rings. The zero-order chi connectivity index (χ0) is 13.8. The van der Waals surface area contributed by atoms with Crippen molar-refractivity contribution in [1.29, 1.82) is 0 Å². The van der Waals surface area contributed by atoms with E-state index < -0.39 is 5.82 Å². The maximum absolute atomic E-state index is 13.7. The van der Waals surface area contributed by atoms with E-state index in [0.717, 1.165) is 13.0 Å². The number of hydrogen-bond donors (Lipinski definition) is 1. The zero-order valence-corrected chi connectivity index (χ0v) is 10.9. The molecule has 1 atom stereocenters. The first-order chi connectivity index (χ1) is 9.11. The molecule has 0 spiro atoms. The van der Waals surface area contributed by atoms with Gasteiger partial charge in [0.15, 0.2) is 5.78 Å². The largest absolute Gasteiger partial charge is 0.496 e. The van der Waals surface area contributed by atoms with Gasteiger partial charge in [0.25, 0.3) is 0 Å². The number of likely N-dealkylation sites (tertiary alicyclic amines) is 1. The van der Waals surface area contributed by atoms with Gasteiger partial charge in [-0.15, -0.1) is 0 Å². The molecule has 4 nitrogen and oxygen atoms in total. The maximum Gasteiger partial charge on any atom is 0.170 e. The van der Waals surface area contributed by atoms with Crippen LogP contribution in [-0.4, -0.2) is 48.6 Å². The van der Waals surface area contributed by atoms with Gasteiger partial charge in [-0.25, -0.2) is 4.39 Å². The number of hydrogen-bond acceptors (Lipinski definition) is 4. The lowest BCUT2D eigenvalue weighted by molar-refractivity contribution is 0.0957. The summed E-state index contributed by atoms with van der Waals surface area (Å²) in [4.78, 5) is 14.1. The number of ether oxygens (including phenoxy) is 1. The average Bonchev–Trinajstić information content (AvgIpc) is 2.81. The van der Waals surface area contributed by atoms with E-state index in [-0.39, 0.29) is 29.6 Å². The van der Waals surface area contributed by atoms with Crippen LogP contribution in [-0.2, 0) is 0 Å². The number of methoxy groups -OCH3 is 1. The van der Waals surface area contributed by atoms with E-state index in [0.29, 0.717) is 13.1 Å². The van der Waals surface area contributed by atoms with Crippen molar-refractivity contribution in [3.05, 3.63) is 29.6 Å². The molecular weight excluding hydrogens is 249 g/mol. The molecule has 2 rings (SSSR count). The molecule has 0 aromatic heterocycles. The van der Waals surface area contributed by atoms with Crippen molar-refractivity contribution in [1.82, 2.24) is 4.90 Å². The molecule has 0 amide bonds. The first-order valence-electron chi connectivity index (χ1n) is 6.38. The first-order valence-corrected chi connectivity index (χ1v) is 6.38. The number of aliphatic hydroxyl groups excluding tert-OH is 1. The number of halogens is 1. The highest BCUT2D eigenvalue weighted by molar-refractivity contribution is 5.99. The smallest absolute Gasteiger partial charge is 0.170 e. The number of carbonyl (C=O) groups is 1. The van der Waals surface area contributed by atoms with E-state index in [1.54, 1.807) is 6.07 Å². The number of β-amino-alcohol motifs (C(OH)–C–C–N with tert-alkyl or cyclic N) is 1. The summed E-state index contributed by atoms with van der Waals surface area (Å²) in [5.41, 5.74) is 0.0183. The molecule has 5 heteroatoms. The molecule has 1 heterocycles. The van der Waals surface area contributed by atoms with Crippen molar-refractivity contribution in [2.24, 2.45) is 0 Å². The second-order valence-electron chi connectivity index (χ2n) is 4.73. The minimum Gasteiger partial charge on any atom is -0.496 e. The lowest BCUT2D eigenvalue weighted by atomic mass is 10.1. The second-order valence-corrected chi connectivity index (χ2v) is 4.73. The number of rotatable bonds is 5. The van der Waals surface area contributed by atoms with Crippen molar-refractivity contribution in [2.45, 2.75) is 18.9 Å². The summed E-state index contributed by atoms with van der Waals surface area (Å²) in [7, 11) is 1.42. The number of ketones is 1. The van der Waals surface area contributed by atoms with Crippen LogP contribution >= 0.6 is 0 Å². The molecule has 19 heavy (non-hydrogen) atoms. The molecule has 104 valence electrons. The summed E-state index contributed by atoms with van der Waals surface area (Å²) in [5.74, 6) is -0.548. The Morgan fingerprint density at radius 2 is 2.37 bits per heavy atom. The Morgan fingerprint density at radius 3 is 3.00 bits per heavy atom. The number of Topliss-reactive ketones (excluding diaryl/α,β-unsaturated/α-hetero) is 1. The highest BCUT2D eigenvalue weighted by Crippen LogP contribution is 2.23. The van der Waals surface area contributed by atoms with Gasteiger partial charge in [0.2, 0.25) is 0 Å². The summed E-state index contributed by atoms with van der Waals surface area (Å²) < 4.78 is 18.7. The van der Waals surface area contributed by atoms with Gasteiger partial charge in [0, 0.05) is 26.1 Å². The first kappa shape index (κ1) is 14.0. The third kappa shape index (κ3) is 3.30. The quantitative estimate of drug-likeness (QED) is 0.821.